The summed E-state index contributed by atoms with van der Waals surface area (Å²) in [6, 6.07) is 24.1. The Kier molecular flexibility index (Phi) is 3.06. The van der Waals surface area contributed by atoms with E-state index in [9.17, 15) is 4.79 Å². The third-order valence-electron chi connectivity index (χ3n) is 5.36. The smallest absolute Gasteiger partial charge is 0.231 e. The van der Waals surface area contributed by atoms with Crippen molar-refractivity contribution in [1.82, 2.24) is 4.98 Å². The van der Waals surface area contributed by atoms with Gasteiger partial charge in [-0.25, -0.2) is 0 Å². The molecule has 28 heavy (non-hydrogen) atoms. The maximum absolute atomic E-state index is 12.8. The van der Waals surface area contributed by atoms with Crippen molar-refractivity contribution in [2.24, 2.45) is 0 Å². The summed E-state index contributed by atoms with van der Waals surface area (Å²) in [6.07, 6.45) is 0. The Labute approximate surface area is 160 Å². The van der Waals surface area contributed by atoms with E-state index in [-0.39, 0.29) is 12.2 Å². The fourth-order valence-electron chi connectivity index (χ4n) is 3.99. The first-order valence-corrected chi connectivity index (χ1v) is 9.15. The lowest BCUT2D eigenvalue weighted by molar-refractivity contribution is 0.174. The molecule has 2 heterocycles. The van der Waals surface area contributed by atoms with Crippen LogP contribution in [0, 0.1) is 0 Å². The van der Waals surface area contributed by atoms with Crippen LogP contribution in [0.25, 0.3) is 43.7 Å². The molecule has 1 aliphatic rings. The van der Waals surface area contributed by atoms with Gasteiger partial charge in [-0.1, -0.05) is 42.5 Å². The molecule has 0 spiro atoms. The van der Waals surface area contributed by atoms with Gasteiger partial charge < -0.3 is 14.5 Å². The predicted molar refractivity (Wildman–Crippen MR) is 111 cm³/mol. The molecule has 1 N–H and O–H groups in total. The fraction of sp³-hybridized carbons (Fsp3) is 0.0417. The molecule has 1 aliphatic heterocycles. The van der Waals surface area contributed by atoms with Gasteiger partial charge in [0.1, 0.15) is 0 Å². The van der Waals surface area contributed by atoms with Gasteiger partial charge in [0.2, 0.25) is 6.79 Å². The number of hydrogen-bond acceptors (Lipinski definition) is 3. The molecule has 0 atom stereocenters. The van der Waals surface area contributed by atoms with E-state index in [0.717, 1.165) is 27.5 Å². The first kappa shape index (κ1) is 15.3. The van der Waals surface area contributed by atoms with Gasteiger partial charge in [-0.05, 0) is 39.7 Å². The highest BCUT2D eigenvalue weighted by Crippen LogP contribution is 2.36. The number of H-pyrrole nitrogens is 1. The van der Waals surface area contributed by atoms with Gasteiger partial charge in [-0.15, -0.1) is 0 Å². The third kappa shape index (κ3) is 2.21. The number of nitrogens with one attached hydrogen (secondary N) is 1. The summed E-state index contributed by atoms with van der Waals surface area (Å²) in [5.74, 6) is 1.27. The minimum Gasteiger partial charge on any atom is -0.454 e. The van der Waals surface area contributed by atoms with E-state index < -0.39 is 0 Å². The van der Waals surface area contributed by atoms with E-state index >= 15 is 0 Å². The summed E-state index contributed by atoms with van der Waals surface area (Å²) in [7, 11) is 0. The molecular weight excluding hydrogens is 350 g/mol. The van der Waals surface area contributed by atoms with Gasteiger partial charge in [0.05, 0.1) is 11.2 Å². The van der Waals surface area contributed by atoms with E-state index in [0.29, 0.717) is 16.9 Å². The van der Waals surface area contributed by atoms with Gasteiger partial charge in [-0.2, -0.15) is 0 Å². The lowest BCUT2D eigenvalue weighted by Gasteiger charge is -2.10. The molecule has 0 fully saturated rings. The Balaban J connectivity index is 1.64. The first-order valence-electron chi connectivity index (χ1n) is 9.15. The Bertz CT molecular complexity index is 1470. The van der Waals surface area contributed by atoms with Crippen molar-refractivity contribution in [3.05, 3.63) is 83.0 Å². The fourth-order valence-corrected chi connectivity index (χ4v) is 3.99. The summed E-state index contributed by atoms with van der Waals surface area (Å²) >= 11 is 0. The van der Waals surface area contributed by atoms with Crippen LogP contribution in [0.2, 0.25) is 0 Å². The molecule has 0 aliphatic carbocycles. The molecule has 0 saturated carbocycles. The highest BCUT2D eigenvalue weighted by molar-refractivity contribution is 6.05. The second-order valence-corrected chi connectivity index (χ2v) is 7.02. The second-order valence-electron chi connectivity index (χ2n) is 7.02. The molecule has 0 amide bonds. The average molecular weight is 365 g/mol. The second kappa shape index (κ2) is 5.60. The van der Waals surface area contributed by atoms with Crippen LogP contribution in [0.1, 0.15) is 0 Å². The highest BCUT2D eigenvalue weighted by Gasteiger charge is 2.16. The first-order chi connectivity index (χ1) is 13.8. The molecule has 1 aromatic heterocycles. The normalized spacial score (nSPS) is 12.9. The maximum atomic E-state index is 12.8. The maximum Gasteiger partial charge on any atom is 0.231 e. The van der Waals surface area contributed by atoms with Crippen LogP contribution in [-0.2, 0) is 0 Å². The van der Waals surface area contributed by atoms with Crippen molar-refractivity contribution in [1.29, 1.82) is 0 Å². The van der Waals surface area contributed by atoms with E-state index in [1.54, 1.807) is 12.1 Å². The van der Waals surface area contributed by atoms with E-state index in [1.165, 1.54) is 10.8 Å². The number of benzene rings is 4. The van der Waals surface area contributed by atoms with E-state index in [2.05, 4.69) is 35.3 Å². The van der Waals surface area contributed by atoms with Gasteiger partial charge in [0.15, 0.2) is 16.9 Å². The number of rotatable bonds is 1. The molecule has 0 radical (unpaired) electrons. The van der Waals surface area contributed by atoms with Crippen molar-refractivity contribution in [3.8, 4) is 22.8 Å². The van der Waals surface area contributed by atoms with Crippen LogP contribution in [0.5, 0.6) is 11.5 Å². The summed E-state index contributed by atoms with van der Waals surface area (Å²) in [4.78, 5) is 16.2. The number of aromatic nitrogens is 1. The Morgan fingerprint density at radius 1 is 0.714 bits per heavy atom. The van der Waals surface area contributed by atoms with E-state index in [4.69, 9.17) is 9.47 Å². The zero-order valence-corrected chi connectivity index (χ0v) is 14.9. The van der Waals surface area contributed by atoms with E-state index in [1.807, 2.05) is 30.3 Å². The standard InChI is InChI=1S/C24H15NO3/c26-22-11-20(25-21-12-24-23(10-19(21)22)27-13-28-24)17-7-3-6-16-8-14-4-1-2-5-15(14)9-18(16)17/h1-12H,13H2,(H,25,26). The predicted octanol–water partition coefficient (Wildman–Crippen LogP) is 5.23. The van der Waals surface area contributed by atoms with Crippen LogP contribution < -0.4 is 14.9 Å². The van der Waals surface area contributed by atoms with Crippen LogP contribution in [0.15, 0.2) is 77.6 Å². The monoisotopic (exact) mass is 365 g/mol. The molecule has 0 bridgehead atoms. The largest absolute Gasteiger partial charge is 0.454 e. The summed E-state index contributed by atoms with van der Waals surface area (Å²) in [5, 5.41) is 5.22. The number of ether oxygens (including phenoxy) is 2. The zero-order chi connectivity index (χ0) is 18.7. The van der Waals surface area contributed by atoms with Gasteiger partial charge in [0, 0.05) is 23.1 Å². The molecule has 4 aromatic carbocycles. The van der Waals surface area contributed by atoms with Crippen molar-refractivity contribution >= 4 is 32.4 Å². The Hall–Kier alpha value is -3.79. The third-order valence-corrected chi connectivity index (χ3v) is 5.36. The Morgan fingerprint density at radius 2 is 1.46 bits per heavy atom. The van der Waals surface area contributed by atoms with Crippen molar-refractivity contribution < 1.29 is 9.47 Å². The van der Waals surface area contributed by atoms with Gasteiger partial charge >= 0.3 is 0 Å². The highest BCUT2D eigenvalue weighted by atomic mass is 16.7. The topological polar surface area (TPSA) is 51.3 Å². The SMILES string of the molecule is O=c1cc(-c2cccc3cc4ccccc4cc23)[nH]c2cc3c(cc12)OCO3. The van der Waals surface area contributed by atoms with Gasteiger partial charge in [-0.3, -0.25) is 4.79 Å². The van der Waals surface area contributed by atoms with Crippen LogP contribution in [0.4, 0.5) is 0 Å². The van der Waals surface area contributed by atoms with Crippen LogP contribution >= 0.6 is 0 Å². The molecule has 6 rings (SSSR count). The molecule has 5 aromatic rings. The summed E-state index contributed by atoms with van der Waals surface area (Å²) in [5.41, 5.74) is 2.49. The average Bonchev–Trinajstić information content (AvgIpc) is 3.18. The Morgan fingerprint density at radius 3 is 2.32 bits per heavy atom. The van der Waals surface area contributed by atoms with Crippen molar-refractivity contribution in [3.63, 3.8) is 0 Å². The van der Waals surface area contributed by atoms with Gasteiger partial charge in [0.25, 0.3) is 0 Å². The quantitative estimate of drug-likeness (QED) is 0.414. The minimum atomic E-state index is -0.0418. The summed E-state index contributed by atoms with van der Waals surface area (Å²) in [6.45, 7) is 0.184. The molecule has 4 nitrogen and oxygen atoms in total. The lowest BCUT2D eigenvalue weighted by Crippen LogP contribution is -2.03. The molecule has 134 valence electrons. The van der Waals surface area contributed by atoms with Crippen molar-refractivity contribution in [2.75, 3.05) is 6.79 Å². The molecule has 0 saturated heterocycles. The molecular formula is C24H15NO3. The van der Waals surface area contributed by atoms with Crippen LogP contribution in [0.3, 0.4) is 0 Å². The van der Waals surface area contributed by atoms with Crippen LogP contribution in [-0.4, -0.2) is 11.8 Å². The molecule has 0 unspecified atom stereocenters. The number of fused-ring (bicyclic) bond motifs is 4. The summed E-state index contributed by atoms with van der Waals surface area (Å²) < 4.78 is 10.9. The number of pyridine rings is 1. The number of hydrogen-bond donors (Lipinski definition) is 1. The lowest BCUT2D eigenvalue weighted by atomic mass is 9.97. The zero-order valence-electron chi connectivity index (χ0n) is 14.9. The number of aromatic amines is 1. The minimum absolute atomic E-state index is 0.0418. The molecule has 4 heteroatoms. The van der Waals surface area contributed by atoms with Crippen molar-refractivity contribution in [2.45, 2.75) is 0 Å².